The van der Waals surface area contributed by atoms with Crippen LogP contribution in [0.2, 0.25) is 5.15 Å². The Morgan fingerprint density at radius 3 is 2.63 bits per heavy atom. The van der Waals surface area contributed by atoms with Gasteiger partial charge in [-0.15, -0.1) is 0 Å². The molecule has 0 spiro atoms. The van der Waals surface area contributed by atoms with E-state index < -0.39 is 6.04 Å². The molecule has 1 saturated heterocycles. The summed E-state index contributed by atoms with van der Waals surface area (Å²) in [5, 5.41) is 5.88. The van der Waals surface area contributed by atoms with Crippen molar-refractivity contribution in [3.05, 3.63) is 65.2 Å². The second kappa shape index (κ2) is 8.67. The average Bonchev–Trinajstić information content (AvgIpc) is 3.34. The van der Waals surface area contributed by atoms with Crippen LogP contribution in [0.3, 0.4) is 0 Å². The van der Waals surface area contributed by atoms with Gasteiger partial charge in [0.05, 0.1) is 0 Å². The molecule has 2 amide bonds. The fourth-order valence-corrected chi connectivity index (χ4v) is 3.62. The molecule has 4 rings (SSSR count). The fourth-order valence-electron chi connectivity index (χ4n) is 3.51. The van der Waals surface area contributed by atoms with Crippen LogP contribution in [0, 0.1) is 5.82 Å². The summed E-state index contributed by atoms with van der Waals surface area (Å²) in [5.41, 5.74) is 4.21. The number of carbonyl (C=O) groups is 2. The number of benzene rings is 1. The third kappa shape index (κ3) is 4.52. The summed E-state index contributed by atoms with van der Waals surface area (Å²) >= 11 is 5.88. The summed E-state index contributed by atoms with van der Waals surface area (Å²) in [6, 6.07) is 11.2. The van der Waals surface area contributed by atoms with Crippen LogP contribution in [-0.2, 0) is 16.0 Å². The highest BCUT2D eigenvalue weighted by Gasteiger charge is 2.25. The molecule has 1 aliphatic heterocycles. The lowest BCUT2D eigenvalue weighted by Crippen LogP contribution is -2.40. The van der Waals surface area contributed by atoms with Crippen molar-refractivity contribution in [2.75, 3.05) is 6.54 Å². The quantitative estimate of drug-likeness (QED) is 0.527. The lowest BCUT2D eigenvalue weighted by atomic mass is 10.0. The van der Waals surface area contributed by atoms with Crippen molar-refractivity contribution in [2.45, 2.75) is 25.3 Å². The van der Waals surface area contributed by atoms with Crippen molar-refractivity contribution in [3.63, 3.8) is 0 Å². The van der Waals surface area contributed by atoms with E-state index in [2.05, 4.69) is 20.6 Å². The maximum Gasteiger partial charge on any atom is 0.242 e. The first-order chi connectivity index (χ1) is 14.5. The van der Waals surface area contributed by atoms with E-state index in [0.717, 1.165) is 28.1 Å². The Morgan fingerprint density at radius 2 is 1.97 bits per heavy atom. The Kier molecular flexibility index (Phi) is 5.81. The molecular weight excluding hydrogens is 407 g/mol. The Balaban J connectivity index is 1.56. The normalized spacial score (nSPS) is 15.8. The van der Waals surface area contributed by atoms with Gasteiger partial charge in [0.25, 0.3) is 0 Å². The monoisotopic (exact) mass is 426 g/mol. The van der Waals surface area contributed by atoms with Crippen molar-refractivity contribution in [2.24, 2.45) is 0 Å². The molecule has 0 saturated carbocycles. The molecule has 1 atom stereocenters. The molecule has 3 aromatic rings. The van der Waals surface area contributed by atoms with Crippen molar-refractivity contribution in [1.82, 2.24) is 20.6 Å². The summed E-state index contributed by atoms with van der Waals surface area (Å²) < 4.78 is 13.4. The van der Waals surface area contributed by atoms with Crippen LogP contribution in [0.25, 0.3) is 22.5 Å². The number of hydrogen-bond donors (Lipinski definition) is 3. The zero-order valence-corrected chi connectivity index (χ0v) is 16.8. The van der Waals surface area contributed by atoms with Crippen molar-refractivity contribution in [1.29, 1.82) is 0 Å². The van der Waals surface area contributed by atoms with Gasteiger partial charge in [0.1, 0.15) is 17.0 Å². The minimum absolute atomic E-state index is 0.144. The minimum Gasteiger partial charge on any atom is -0.354 e. The highest BCUT2D eigenvalue weighted by molar-refractivity contribution is 6.29. The number of aromatic nitrogens is 2. The topological polar surface area (TPSA) is 86.9 Å². The fraction of sp³-hybridized carbons (Fsp3) is 0.227. The molecule has 6 nitrogen and oxygen atoms in total. The standard InChI is InChI=1S/C22H20ClFN4O2/c23-19-7-3-15(12-26-19)18-11-14(21(28-18)13-1-5-16(24)6-2-13)4-8-20(29)27-17-9-10-25-22(17)30/h1-3,5-7,11-12,17,28H,4,8-10H2,(H,25,30)(H,27,29). The van der Waals surface area contributed by atoms with Gasteiger partial charge in [-0.25, -0.2) is 9.37 Å². The number of hydrogen-bond acceptors (Lipinski definition) is 3. The number of carbonyl (C=O) groups excluding carboxylic acids is 2. The Labute approximate surface area is 177 Å². The summed E-state index contributed by atoms with van der Waals surface area (Å²) in [4.78, 5) is 31.5. The summed E-state index contributed by atoms with van der Waals surface area (Å²) in [5.74, 6) is -0.643. The minimum atomic E-state index is -0.462. The largest absolute Gasteiger partial charge is 0.354 e. The molecule has 3 heterocycles. The number of nitrogens with one attached hydrogen (secondary N) is 3. The molecule has 1 fully saturated rings. The third-order valence-electron chi connectivity index (χ3n) is 5.08. The van der Waals surface area contributed by atoms with E-state index in [1.54, 1.807) is 24.4 Å². The first-order valence-electron chi connectivity index (χ1n) is 9.66. The van der Waals surface area contributed by atoms with Crippen LogP contribution in [0.4, 0.5) is 4.39 Å². The van der Waals surface area contributed by atoms with Gasteiger partial charge in [0.15, 0.2) is 0 Å². The number of amides is 2. The van der Waals surface area contributed by atoms with Crippen LogP contribution in [0.15, 0.2) is 48.7 Å². The van der Waals surface area contributed by atoms with Crippen LogP contribution in [0.1, 0.15) is 18.4 Å². The van der Waals surface area contributed by atoms with Crippen molar-refractivity contribution in [3.8, 4) is 22.5 Å². The molecule has 3 N–H and O–H groups in total. The molecule has 0 radical (unpaired) electrons. The van der Waals surface area contributed by atoms with E-state index >= 15 is 0 Å². The van der Waals surface area contributed by atoms with Gasteiger partial charge in [-0.3, -0.25) is 9.59 Å². The van der Waals surface area contributed by atoms with Gasteiger partial charge >= 0.3 is 0 Å². The van der Waals surface area contributed by atoms with E-state index in [-0.39, 0.29) is 24.1 Å². The zero-order chi connectivity index (χ0) is 21.1. The van der Waals surface area contributed by atoms with Crippen LogP contribution >= 0.6 is 11.6 Å². The van der Waals surface area contributed by atoms with Crippen LogP contribution < -0.4 is 10.6 Å². The SMILES string of the molecule is O=C(CCc1cc(-c2ccc(Cl)nc2)[nH]c1-c1ccc(F)cc1)NC1CCNC1=O. The van der Waals surface area contributed by atoms with Gasteiger partial charge in [-0.2, -0.15) is 0 Å². The summed E-state index contributed by atoms with van der Waals surface area (Å²) in [6.07, 6.45) is 2.96. The first kappa shape index (κ1) is 20.1. The summed E-state index contributed by atoms with van der Waals surface area (Å²) in [6.45, 7) is 0.578. The predicted octanol–water partition coefficient (Wildman–Crippen LogP) is 3.47. The molecule has 30 heavy (non-hydrogen) atoms. The highest BCUT2D eigenvalue weighted by Crippen LogP contribution is 2.30. The molecule has 1 unspecified atom stereocenters. The predicted molar refractivity (Wildman–Crippen MR) is 112 cm³/mol. The summed E-state index contributed by atoms with van der Waals surface area (Å²) in [7, 11) is 0. The van der Waals surface area contributed by atoms with E-state index in [0.29, 0.717) is 24.5 Å². The number of rotatable bonds is 6. The van der Waals surface area contributed by atoms with Gasteiger partial charge in [-0.05, 0) is 66.4 Å². The molecule has 0 bridgehead atoms. The third-order valence-corrected chi connectivity index (χ3v) is 5.30. The van der Waals surface area contributed by atoms with Crippen molar-refractivity contribution >= 4 is 23.4 Å². The maximum atomic E-state index is 13.4. The Bertz CT molecular complexity index is 1060. The highest BCUT2D eigenvalue weighted by atomic mass is 35.5. The van der Waals surface area contributed by atoms with E-state index in [9.17, 15) is 14.0 Å². The van der Waals surface area contributed by atoms with Gasteiger partial charge in [0, 0.05) is 36.1 Å². The van der Waals surface area contributed by atoms with E-state index in [1.165, 1.54) is 12.1 Å². The molecule has 8 heteroatoms. The smallest absolute Gasteiger partial charge is 0.242 e. The molecule has 2 aromatic heterocycles. The van der Waals surface area contributed by atoms with Gasteiger partial charge in [0.2, 0.25) is 11.8 Å². The number of aromatic amines is 1. The molecule has 0 aliphatic carbocycles. The van der Waals surface area contributed by atoms with Crippen LogP contribution in [-0.4, -0.2) is 34.4 Å². The number of aryl methyl sites for hydroxylation is 1. The average molecular weight is 427 g/mol. The van der Waals surface area contributed by atoms with Gasteiger partial charge < -0.3 is 15.6 Å². The number of nitrogens with zero attached hydrogens (tertiary/aromatic N) is 1. The zero-order valence-electron chi connectivity index (χ0n) is 16.0. The molecule has 154 valence electrons. The van der Waals surface area contributed by atoms with E-state index in [1.807, 2.05) is 12.1 Å². The van der Waals surface area contributed by atoms with Crippen molar-refractivity contribution < 1.29 is 14.0 Å². The number of halogens is 2. The molecular formula is C22H20ClFN4O2. The first-order valence-corrected chi connectivity index (χ1v) is 10.0. The number of H-pyrrole nitrogens is 1. The number of pyridine rings is 1. The second-order valence-electron chi connectivity index (χ2n) is 7.16. The lowest BCUT2D eigenvalue weighted by molar-refractivity contribution is -0.127. The maximum absolute atomic E-state index is 13.4. The second-order valence-corrected chi connectivity index (χ2v) is 7.55. The molecule has 1 aliphatic rings. The lowest BCUT2D eigenvalue weighted by Gasteiger charge is -2.10. The van der Waals surface area contributed by atoms with E-state index in [4.69, 9.17) is 11.6 Å². The molecule has 1 aromatic carbocycles. The van der Waals surface area contributed by atoms with Gasteiger partial charge in [-0.1, -0.05) is 11.6 Å². The Hall–Kier alpha value is -3.19. The Morgan fingerprint density at radius 1 is 1.20 bits per heavy atom. The van der Waals surface area contributed by atoms with Crippen LogP contribution in [0.5, 0.6) is 0 Å².